The third kappa shape index (κ3) is 2.94. The number of nitrogens with one attached hydrogen (secondary N) is 1. The first-order valence-corrected chi connectivity index (χ1v) is 6.43. The van der Waals surface area contributed by atoms with Crippen molar-refractivity contribution >= 4 is 17.6 Å². The summed E-state index contributed by atoms with van der Waals surface area (Å²) in [5.41, 5.74) is 3.20. The molecule has 6 nitrogen and oxygen atoms in total. The Morgan fingerprint density at radius 3 is 2.57 bits per heavy atom. The van der Waals surface area contributed by atoms with Gasteiger partial charge in [-0.1, -0.05) is 6.07 Å². The van der Waals surface area contributed by atoms with Crippen LogP contribution in [0.15, 0.2) is 24.4 Å². The van der Waals surface area contributed by atoms with E-state index >= 15 is 0 Å². The first-order valence-electron chi connectivity index (χ1n) is 6.43. The van der Waals surface area contributed by atoms with Gasteiger partial charge in [0.05, 0.1) is 19.0 Å². The van der Waals surface area contributed by atoms with Crippen LogP contribution in [0.3, 0.4) is 0 Å². The van der Waals surface area contributed by atoms with Crippen molar-refractivity contribution in [3.63, 3.8) is 0 Å². The second-order valence-electron chi connectivity index (χ2n) is 4.78. The second kappa shape index (κ2) is 5.78. The number of ether oxygens (including phenoxy) is 1. The van der Waals surface area contributed by atoms with Gasteiger partial charge in [0.15, 0.2) is 5.69 Å². The average molecular weight is 287 g/mol. The molecule has 1 N–H and O–H groups in total. The summed E-state index contributed by atoms with van der Waals surface area (Å²) in [7, 11) is 2.89. The van der Waals surface area contributed by atoms with Gasteiger partial charge in [-0.15, -0.1) is 0 Å². The lowest BCUT2D eigenvalue weighted by atomic mass is 10.1. The molecular weight excluding hydrogens is 270 g/mol. The van der Waals surface area contributed by atoms with E-state index in [1.165, 1.54) is 18.0 Å². The number of aryl methyl sites for hydroxylation is 3. The number of rotatable bonds is 3. The van der Waals surface area contributed by atoms with Crippen LogP contribution in [0.25, 0.3) is 0 Å². The molecule has 0 spiro atoms. The van der Waals surface area contributed by atoms with Crippen molar-refractivity contribution in [1.82, 2.24) is 9.78 Å². The maximum Gasteiger partial charge on any atom is 0.358 e. The molecule has 1 aromatic heterocycles. The van der Waals surface area contributed by atoms with E-state index in [9.17, 15) is 9.59 Å². The highest BCUT2D eigenvalue weighted by Crippen LogP contribution is 2.17. The zero-order valence-electron chi connectivity index (χ0n) is 12.4. The van der Waals surface area contributed by atoms with Crippen LogP contribution < -0.4 is 5.32 Å². The molecule has 2 aromatic rings. The van der Waals surface area contributed by atoms with Gasteiger partial charge in [-0.25, -0.2) is 4.79 Å². The number of esters is 1. The van der Waals surface area contributed by atoms with E-state index in [1.54, 1.807) is 19.2 Å². The third-order valence-corrected chi connectivity index (χ3v) is 3.33. The van der Waals surface area contributed by atoms with E-state index in [-0.39, 0.29) is 11.6 Å². The number of nitrogens with zero attached hydrogens (tertiary/aromatic N) is 2. The molecule has 0 aliphatic carbocycles. The van der Waals surface area contributed by atoms with Crippen molar-refractivity contribution in [2.45, 2.75) is 13.8 Å². The summed E-state index contributed by atoms with van der Waals surface area (Å²) in [5.74, 6) is -0.846. The zero-order valence-corrected chi connectivity index (χ0v) is 12.4. The number of carbonyl (C=O) groups excluding carboxylic acids is 2. The van der Waals surface area contributed by atoms with Gasteiger partial charge in [-0.3, -0.25) is 9.48 Å². The van der Waals surface area contributed by atoms with E-state index in [0.717, 1.165) is 11.1 Å². The number of hydrogen-bond donors (Lipinski definition) is 1. The molecule has 0 atom stereocenters. The predicted octanol–water partition coefficient (Wildman–Crippen LogP) is 2.08. The Morgan fingerprint density at radius 1 is 1.24 bits per heavy atom. The second-order valence-corrected chi connectivity index (χ2v) is 4.78. The monoisotopic (exact) mass is 287 g/mol. The lowest BCUT2D eigenvalue weighted by Crippen LogP contribution is -2.16. The van der Waals surface area contributed by atoms with Crippen molar-refractivity contribution in [3.05, 3.63) is 46.8 Å². The minimum Gasteiger partial charge on any atom is -0.464 e. The summed E-state index contributed by atoms with van der Waals surface area (Å²) in [5, 5.41) is 6.65. The largest absolute Gasteiger partial charge is 0.464 e. The van der Waals surface area contributed by atoms with Crippen molar-refractivity contribution in [1.29, 1.82) is 0 Å². The average Bonchev–Trinajstić information content (AvgIpc) is 2.82. The van der Waals surface area contributed by atoms with Crippen LogP contribution in [0.4, 0.5) is 5.69 Å². The smallest absolute Gasteiger partial charge is 0.358 e. The van der Waals surface area contributed by atoms with Crippen LogP contribution in [-0.2, 0) is 11.8 Å². The normalized spacial score (nSPS) is 10.3. The Morgan fingerprint density at radius 2 is 1.95 bits per heavy atom. The van der Waals surface area contributed by atoms with Crippen LogP contribution >= 0.6 is 0 Å². The predicted molar refractivity (Wildman–Crippen MR) is 78.4 cm³/mol. The van der Waals surface area contributed by atoms with Crippen LogP contribution in [0, 0.1) is 13.8 Å². The molecule has 0 fully saturated rings. The fourth-order valence-electron chi connectivity index (χ4n) is 1.94. The highest BCUT2D eigenvalue weighted by molar-refractivity contribution is 6.07. The summed E-state index contributed by atoms with van der Waals surface area (Å²) in [6.45, 7) is 3.92. The summed E-state index contributed by atoms with van der Waals surface area (Å²) in [6.07, 6.45) is 1.42. The Balaban J connectivity index is 2.28. The van der Waals surface area contributed by atoms with E-state index in [0.29, 0.717) is 11.3 Å². The molecule has 0 bridgehead atoms. The lowest BCUT2D eigenvalue weighted by Gasteiger charge is -2.08. The molecule has 0 saturated heterocycles. The number of aromatic nitrogens is 2. The van der Waals surface area contributed by atoms with Crippen LogP contribution in [0.1, 0.15) is 32.0 Å². The molecule has 0 aliphatic heterocycles. The topological polar surface area (TPSA) is 73.2 Å². The number of anilines is 1. The number of methoxy groups -OCH3 is 1. The molecule has 0 unspecified atom stereocenters. The Kier molecular flexibility index (Phi) is 4.07. The van der Waals surface area contributed by atoms with Gasteiger partial charge >= 0.3 is 5.97 Å². The molecule has 110 valence electrons. The molecule has 1 aromatic carbocycles. The minimum absolute atomic E-state index is 0.203. The summed E-state index contributed by atoms with van der Waals surface area (Å²) in [6, 6.07) is 5.43. The SMILES string of the molecule is COC(=O)c1c(NC(=O)c2ccc(C)c(C)c2)cnn1C. The first kappa shape index (κ1) is 14.8. The number of amides is 1. The summed E-state index contributed by atoms with van der Waals surface area (Å²) >= 11 is 0. The fraction of sp³-hybridized carbons (Fsp3) is 0.267. The molecular formula is C15H17N3O3. The van der Waals surface area contributed by atoms with Crippen LogP contribution in [-0.4, -0.2) is 28.8 Å². The quantitative estimate of drug-likeness (QED) is 0.877. The van der Waals surface area contributed by atoms with E-state index in [2.05, 4.69) is 15.2 Å². The fourth-order valence-corrected chi connectivity index (χ4v) is 1.94. The molecule has 2 rings (SSSR count). The van der Waals surface area contributed by atoms with Gasteiger partial charge in [0.2, 0.25) is 0 Å². The molecule has 1 heterocycles. The first-order chi connectivity index (χ1) is 9.93. The summed E-state index contributed by atoms with van der Waals surface area (Å²) < 4.78 is 6.05. The molecule has 0 radical (unpaired) electrons. The van der Waals surface area contributed by atoms with Crippen molar-refractivity contribution in [2.75, 3.05) is 12.4 Å². The van der Waals surface area contributed by atoms with Crippen molar-refractivity contribution in [3.8, 4) is 0 Å². The van der Waals surface area contributed by atoms with E-state index in [4.69, 9.17) is 0 Å². The van der Waals surface area contributed by atoms with Crippen molar-refractivity contribution < 1.29 is 14.3 Å². The molecule has 0 aliphatic rings. The number of benzene rings is 1. The third-order valence-electron chi connectivity index (χ3n) is 3.33. The van der Waals surface area contributed by atoms with Gasteiger partial charge in [0.25, 0.3) is 5.91 Å². The Labute approximate surface area is 122 Å². The van der Waals surface area contributed by atoms with Gasteiger partial charge in [0, 0.05) is 12.6 Å². The van der Waals surface area contributed by atoms with Crippen LogP contribution in [0.5, 0.6) is 0 Å². The summed E-state index contributed by atoms with van der Waals surface area (Å²) in [4.78, 5) is 23.9. The highest BCUT2D eigenvalue weighted by Gasteiger charge is 2.19. The lowest BCUT2D eigenvalue weighted by molar-refractivity contribution is 0.0589. The molecule has 1 amide bonds. The van der Waals surface area contributed by atoms with Crippen molar-refractivity contribution in [2.24, 2.45) is 7.05 Å². The number of carbonyl (C=O) groups is 2. The maximum atomic E-state index is 12.2. The minimum atomic E-state index is -0.551. The van der Waals surface area contributed by atoms with Crippen LogP contribution in [0.2, 0.25) is 0 Å². The number of hydrogen-bond acceptors (Lipinski definition) is 4. The van der Waals surface area contributed by atoms with E-state index < -0.39 is 5.97 Å². The van der Waals surface area contributed by atoms with Gasteiger partial charge in [-0.05, 0) is 37.1 Å². The Hall–Kier alpha value is -2.63. The molecule has 21 heavy (non-hydrogen) atoms. The highest BCUT2D eigenvalue weighted by atomic mass is 16.5. The van der Waals surface area contributed by atoms with Gasteiger partial charge in [-0.2, -0.15) is 5.10 Å². The van der Waals surface area contributed by atoms with Gasteiger partial charge < -0.3 is 10.1 Å². The zero-order chi connectivity index (χ0) is 15.6. The standard InChI is InChI=1S/C15H17N3O3/c1-9-5-6-11(7-10(9)2)14(19)17-12-8-16-18(3)13(12)15(20)21-4/h5-8H,1-4H3,(H,17,19). The van der Waals surface area contributed by atoms with E-state index in [1.807, 2.05) is 19.9 Å². The maximum absolute atomic E-state index is 12.2. The molecule has 6 heteroatoms. The van der Waals surface area contributed by atoms with Gasteiger partial charge in [0.1, 0.15) is 0 Å². The molecule has 0 saturated carbocycles. The Bertz CT molecular complexity index is 704.